The zero-order valence-electron chi connectivity index (χ0n) is 46.4. The van der Waals surface area contributed by atoms with E-state index in [9.17, 15) is 45.6 Å². The van der Waals surface area contributed by atoms with Gasteiger partial charge in [0.15, 0.2) is 12.6 Å². The maximum absolute atomic E-state index is 13.2. The van der Waals surface area contributed by atoms with Crippen molar-refractivity contribution in [2.75, 3.05) is 19.8 Å². The molecule has 434 valence electrons. The lowest BCUT2D eigenvalue weighted by Gasteiger charge is -2.46. The summed E-state index contributed by atoms with van der Waals surface area (Å²) >= 11 is 0. The Bertz CT molecular complexity index is 1690. The van der Waals surface area contributed by atoms with Crippen LogP contribution >= 0.6 is 0 Å². The number of aliphatic hydroxyl groups is 8. The summed E-state index contributed by atoms with van der Waals surface area (Å²) in [6.07, 6.45) is 48.4. The van der Waals surface area contributed by atoms with E-state index in [1.54, 1.807) is 6.08 Å². The van der Waals surface area contributed by atoms with Crippen molar-refractivity contribution in [1.29, 1.82) is 0 Å². The fourth-order valence-electron chi connectivity index (χ4n) is 8.77. The lowest BCUT2D eigenvalue weighted by molar-refractivity contribution is -0.359. The highest BCUT2D eigenvalue weighted by molar-refractivity contribution is 5.76. The van der Waals surface area contributed by atoms with Crippen LogP contribution in [0, 0.1) is 0 Å². The molecule has 2 fully saturated rings. The number of allylic oxidation sites excluding steroid dienone is 17. The lowest BCUT2D eigenvalue weighted by atomic mass is 9.97. The molecule has 2 heterocycles. The number of unbranched alkanes of at least 4 members (excludes halogenated alkanes) is 15. The summed E-state index contributed by atoms with van der Waals surface area (Å²) in [7, 11) is 0. The molecule has 0 aromatic heterocycles. The van der Waals surface area contributed by atoms with E-state index in [0.717, 1.165) is 57.8 Å². The smallest absolute Gasteiger partial charge is 0.220 e. The molecule has 0 spiro atoms. The van der Waals surface area contributed by atoms with Crippen LogP contribution in [0.15, 0.2) is 109 Å². The van der Waals surface area contributed by atoms with E-state index in [0.29, 0.717) is 19.3 Å². The van der Waals surface area contributed by atoms with Gasteiger partial charge < -0.3 is 65.1 Å². The third-order valence-electron chi connectivity index (χ3n) is 13.4. The quantitative estimate of drug-likeness (QED) is 0.0205. The normalized spacial score (nSPS) is 25.7. The zero-order chi connectivity index (χ0) is 55.3. The lowest BCUT2D eigenvalue weighted by Crippen LogP contribution is -2.65. The second kappa shape index (κ2) is 46.6. The van der Waals surface area contributed by atoms with Crippen LogP contribution in [0.4, 0.5) is 0 Å². The van der Waals surface area contributed by atoms with Crippen LogP contribution in [-0.2, 0) is 23.7 Å². The van der Waals surface area contributed by atoms with Gasteiger partial charge in [0, 0.05) is 6.42 Å². The first-order valence-corrected chi connectivity index (χ1v) is 29.1. The highest BCUT2D eigenvalue weighted by Gasteiger charge is 2.51. The monoisotopic (exact) mass is 1070 g/mol. The molecule has 12 unspecified atom stereocenters. The maximum Gasteiger partial charge on any atom is 0.220 e. The summed E-state index contributed by atoms with van der Waals surface area (Å²) in [5.41, 5.74) is 0. The molecule has 14 heteroatoms. The number of nitrogens with one attached hydrogen (secondary N) is 1. The summed E-state index contributed by atoms with van der Waals surface area (Å²) in [4.78, 5) is 13.2. The van der Waals surface area contributed by atoms with Crippen molar-refractivity contribution in [3.05, 3.63) is 109 Å². The standard InChI is InChI=1S/C62H103NO13/c1-3-5-7-9-11-13-15-17-19-21-23-24-25-26-28-30-32-34-36-38-40-42-44-46-54(67)63-50(51(66)45-43-41-39-37-35-33-31-29-27-22-20-18-16-14-12-10-8-6-4-2)49-73-61-59(72)57(70)60(53(48-65)75-61)76-62-58(71)56(69)55(68)52(47-64)74-62/h5,7,11,13,17,19,23-24,26,28,32,34-35,37-38,40,43,45,50-53,55-62,64-66,68-72H,3-4,6,8-10,12,14-16,18,20-22,25,27,29-31,33,36,39,41-42,44,46-49H2,1-2H3,(H,63,67)/b7-5-,13-11-,19-17-,24-23-,28-26-,34-32-,37-35+,40-38-,45-43+. The van der Waals surface area contributed by atoms with Gasteiger partial charge in [0.1, 0.15) is 48.8 Å². The Morgan fingerprint density at radius 3 is 1.45 bits per heavy atom. The molecule has 0 radical (unpaired) electrons. The van der Waals surface area contributed by atoms with Crippen molar-refractivity contribution < 1.29 is 64.6 Å². The van der Waals surface area contributed by atoms with Crippen molar-refractivity contribution in [2.24, 2.45) is 0 Å². The first-order valence-electron chi connectivity index (χ1n) is 29.1. The second-order valence-corrected chi connectivity index (χ2v) is 20.0. The van der Waals surface area contributed by atoms with Crippen molar-refractivity contribution in [2.45, 2.75) is 254 Å². The number of hydrogen-bond donors (Lipinski definition) is 9. The predicted octanol–water partition coefficient (Wildman–Crippen LogP) is 9.66. The first kappa shape index (κ1) is 68.8. The van der Waals surface area contributed by atoms with Crippen molar-refractivity contribution in [1.82, 2.24) is 5.32 Å². The van der Waals surface area contributed by atoms with Crippen molar-refractivity contribution in [3.63, 3.8) is 0 Å². The van der Waals surface area contributed by atoms with Crippen molar-refractivity contribution >= 4 is 5.91 Å². The van der Waals surface area contributed by atoms with Gasteiger partial charge in [-0.15, -0.1) is 0 Å². The van der Waals surface area contributed by atoms with Crippen LogP contribution in [0.1, 0.15) is 181 Å². The Morgan fingerprint density at radius 1 is 0.487 bits per heavy atom. The van der Waals surface area contributed by atoms with E-state index in [4.69, 9.17) is 18.9 Å². The molecular weight excluding hydrogens is 967 g/mol. The summed E-state index contributed by atoms with van der Waals surface area (Å²) in [6, 6.07) is -0.970. The average Bonchev–Trinajstić information content (AvgIpc) is 3.42. The highest BCUT2D eigenvalue weighted by atomic mass is 16.7. The van der Waals surface area contributed by atoms with Gasteiger partial charge in [0.25, 0.3) is 0 Å². The summed E-state index contributed by atoms with van der Waals surface area (Å²) in [5.74, 6) is -0.311. The summed E-state index contributed by atoms with van der Waals surface area (Å²) in [5, 5.41) is 87.0. The third kappa shape index (κ3) is 31.9. The molecule has 14 nitrogen and oxygen atoms in total. The Balaban J connectivity index is 1.84. The molecule has 0 aliphatic carbocycles. The molecule has 9 N–H and O–H groups in total. The van der Waals surface area contributed by atoms with Gasteiger partial charge in [0.2, 0.25) is 5.91 Å². The topological polar surface area (TPSA) is 228 Å². The molecule has 0 aromatic rings. The van der Waals surface area contributed by atoms with Gasteiger partial charge in [-0.3, -0.25) is 4.79 Å². The predicted molar refractivity (Wildman–Crippen MR) is 304 cm³/mol. The number of amides is 1. The minimum absolute atomic E-state index is 0.187. The molecule has 12 atom stereocenters. The van der Waals surface area contributed by atoms with Gasteiger partial charge in [-0.05, 0) is 83.5 Å². The molecule has 0 saturated carbocycles. The van der Waals surface area contributed by atoms with Crippen LogP contribution < -0.4 is 5.32 Å². The molecule has 1 amide bonds. The van der Waals surface area contributed by atoms with Crippen LogP contribution in [0.5, 0.6) is 0 Å². The van der Waals surface area contributed by atoms with E-state index in [1.807, 2.05) is 12.2 Å². The van der Waals surface area contributed by atoms with E-state index in [2.05, 4.69) is 110 Å². The summed E-state index contributed by atoms with van der Waals surface area (Å²) < 4.78 is 22.7. The van der Waals surface area contributed by atoms with Gasteiger partial charge >= 0.3 is 0 Å². The number of ether oxygens (including phenoxy) is 4. The minimum atomic E-state index is -1.80. The Kier molecular flexibility index (Phi) is 42.1. The Morgan fingerprint density at radius 2 is 0.921 bits per heavy atom. The molecule has 2 aliphatic heterocycles. The van der Waals surface area contributed by atoms with Crippen molar-refractivity contribution in [3.8, 4) is 0 Å². The Hall–Kier alpha value is -3.35. The largest absolute Gasteiger partial charge is 0.394 e. The summed E-state index contributed by atoms with van der Waals surface area (Å²) in [6.45, 7) is 2.61. The van der Waals surface area contributed by atoms with E-state index in [1.165, 1.54) is 83.5 Å². The number of hydrogen-bond acceptors (Lipinski definition) is 13. The molecular formula is C62H103NO13. The number of carbonyl (C=O) groups is 1. The molecule has 0 aromatic carbocycles. The van der Waals surface area contributed by atoms with Gasteiger partial charge in [-0.2, -0.15) is 0 Å². The molecule has 0 bridgehead atoms. The fourth-order valence-corrected chi connectivity index (χ4v) is 8.77. The SMILES string of the molecule is CC/C=C\C/C=C\C/C=C\C/C=C\C/C=C\C/C=C\C/C=C\CCCC(=O)NC(COC1OC(CO)C(OC2OC(CO)C(O)C(O)C2O)C(O)C1O)C(O)/C=C/CC/C=C/CCCCCCCCCCCCCCC. The van der Waals surface area contributed by atoms with Gasteiger partial charge in [-0.25, -0.2) is 0 Å². The minimum Gasteiger partial charge on any atom is -0.394 e. The second-order valence-electron chi connectivity index (χ2n) is 20.0. The molecule has 2 rings (SSSR count). The van der Waals surface area contributed by atoms with Crippen LogP contribution in [0.2, 0.25) is 0 Å². The number of rotatable bonds is 44. The van der Waals surface area contributed by atoms with Crippen LogP contribution in [0.25, 0.3) is 0 Å². The van der Waals surface area contributed by atoms with E-state index < -0.39 is 86.8 Å². The fraction of sp³-hybridized carbons (Fsp3) is 0.694. The molecule has 76 heavy (non-hydrogen) atoms. The third-order valence-corrected chi connectivity index (χ3v) is 13.4. The maximum atomic E-state index is 13.2. The van der Waals surface area contributed by atoms with Crippen LogP contribution in [-0.4, -0.2) is 140 Å². The zero-order valence-corrected chi connectivity index (χ0v) is 46.4. The number of aliphatic hydroxyl groups excluding tert-OH is 8. The highest BCUT2D eigenvalue weighted by Crippen LogP contribution is 2.30. The van der Waals surface area contributed by atoms with Gasteiger partial charge in [0.05, 0.1) is 32.0 Å². The average molecular weight is 1070 g/mol. The molecule has 2 saturated heterocycles. The Labute approximate surface area is 457 Å². The molecule has 2 aliphatic rings. The first-order chi connectivity index (χ1) is 37.1. The van der Waals surface area contributed by atoms with Crippen LogP contribution in [0.3, 0.4) is 0 Å². The number of carbonyl (C=O) groups excluding carboxylic acids is 1. The van der Waals surface area contributed by atoms with E-state index >= 15 is 0 Å². The van der Waals surface area contributed by atoms with E-state index in [-0.39, 0.29) is 18.9 Å². The van der Waals surface area contributed by atoms with Gasteiger partial charge in [-0.1, -0.05) is 200 Å².